The third kappa shape index (κ3) is 2.53. The lowest BCUT2D eigenvalue weighted by Crippen LogP contribution is -2.35. The minimum atomic E-state index is -0.127. The van der Waals surface area contributed by atoms with Crippen molar-refractivity contribution in [1.82, 2.24) is 9.88 Å². The van der Waals surface area contributed by atoms with E-state index in [9.17, 15) is 5.11 Å². The molecule has 1 aliphatic carbocycles. The Balaban J connectivity index is 1.69. The Morgan fingerprint density at radius 1 is 1.29 bits per heavy atom. The lowest BCUT2D eigenvalue weighted by molar-refractivity contribution is 0.279. The van der Waals surface area contributed by atoms with Crippen molar-refractivity contribution >= 4 is 22.7 Å². The Morgan fingerprint density at radius 2 is 2.00 bits per heavy atom. The van der Waals surface area contributed by atoms with Gasteiger partial charge >= 0.3 is 0 Å². The van der Waals surface area contributed by atoms with E-state index < -0.39 is 0 Å². The molecule has 124 valence electrons. The van der Waals surface area contributed by atoms with Crippen LogP contribution in [0.2, 0.25) is 0 Å². The average molecular weight is 339 g/mol. The van der Waals surface area contributed by atoms with E-state index in [1.54, 1.807) is 11.3 Å². The van der Waals surface area contributed by atoms with Crippen LogP contribution in [0, 0.1) is 18.3 Å². The molecule has 2 heterocycles. The molecule has 1 unspecified atom stereocenters. The molecule has 1 aromatic heterocycles. The summed E-state index contributed by atoms with van der Waals surface area (Å²) in [7, 11) is 0. The van der Waals surface area contributed by atoms with Gasteiger partial charge in [-0.25, -0.2) is 4.98 Å². The fraction of sp³-hybridized carbons (Fsp3) is 0.368. The van der Waals surface area contributed by atoms with Gasteiger partial charge in [0, 0.05) is 17.0 Å². The number of aromatic nitrogens is 1. The molecule has 2 N–H and O–H groups in total. The van der Waals surface area contributed by atoms with Crippen molar-refractivity contribution in [3.05, 3.63) is 46.0 Å². The number of aliphatic hydroxyl groups excluding tert-OH is 1. The predicted molar refractivity (Wildman–Crippen MR) is 98.5 cm³/mol. The molecular formula is C19H21N3OS. The van der Waals surface area contributed by atoms with Gasteiger partial charge in [-0.2, -0.15) is 0 Å². The van der Waals surface area contributed by atoms with E-state index in [0.29, 0.717) is 17.3 Å². The lowest BCUT2D eigenvalue weighted by Gasteiger charge is -2.23. The van der Waals surface area contributed by atoms with Crippen LogP contribution in [0.4, 0.5) is 0 Å². The summed E-state index contributed by atoms with van der Waals surface area (Å²) in [5, 5.41) is 19.9. The molecule has 0 saturated heterocycles. The van der Waals surface area contributed by atoms with Crippen LogP contribution in [0.25, 0.3) is 16.8 Å². The summed E-state index contributed by atoms with van der Waals surface area (Å²) in [5.74, 6) is 1.38. The highest BCUT2D eigenvalue weighted by atomic mass is 32.1. The van der Waals surface area contributed by atoms with Gasteiger partial charge in [0.25, 0.3) is 0 Å². The number of aryl methyl sites for hydroxylation is 1. The normalized spacial score (nSPS) is 21.0. The molecule has 1 fully saturated rings. The monoisotopic (exact) mass is 339 g/mol. The molecule has 0 spiro atoms. The Bertz CT molecular complexity index is 820. The Labute approximate surface area is 146 Å². The van der Waals surface area contributed by atoms with Crippen molar-refractivity contribution in [3.63, 3.8) is 0 Å². The zero-order valence-electron chi connectivity index (χ0n) is 13.9. The lowest BCUT2D eigenvalue weighted by atomic mass is 10.1. The van der Waals surface area contributed by atoms with Gasteiger partial charge in [0.05, 0.1) is 17.3 Å². The molecule has 1 atom stereocenters. The molecule has 0 amide bonds. The molecular weight excluding hydrogens is 318 g/mol. The highest BCUT2D eigenvalue weighted by Crippen LogP contribution is 2.39. The molecule has 4 rings (SSSR count). The second-order valence-electron chi connectivity index (χ2n) is 6.67. The second kappa shape index (κ2) is 5.74. The van der Waals surface area contributed by atoms with Gasteiger partial charge in [-0.15, -0.1) is 11.3 Å². The van der Waals surface area contributed by atoms with Crippen LogP contribution >= 0.6 is 11.3 Å². The van der Waals surface area contributed by atoms with Crippen LogP contribution in [0.1, 0.15) is 29.7 Å². The van der Waals surface area contributed by atoms with Crippen LogP contribution in [0.3, 0.4) is 0 Å². The fourth-order valence-corrected chi connectivity index (χ4v) is 4.21. The van der Waals surface area contributed by atoms with Gasteiger partial charge in [0.2, 0.25) is 0 Å². The number of hydrogen-bond donors (Lipinski definition) is 2. The minimum Gasteiger partial charge on any atom is -0.509 e. The van der Waals surface area contributed by atoms with E-state index in [4.69, 9.17) is 10.4 Å². The SMILES string of the molecule is Cc1sc(C2=C(O)C(C)N(CC3CC3)C2=N)nc1-c1ccccc1. The van der Waals surface area contributed by atoms with Crippen molar-refractivity contribution in [2.45, 2.75) is 32.7 Å². The predicted octanol–water partition coefficient (Wildman–Crippen LogP) is 4.48. The first-order valence-corrected chi connectivity index (χ1v) is 9.20. The van der Waals surface area contributed by atoms with Gasteiger partial charge in [-0.1, -0.05) is 30.3 Å². The largest absolute Gasteiger partial charge is 0.509 e. The molecule has 2 aromatic rings. The van der Waals surface area contributed by atoms with Crippen molar-refractivity contribution in [1.29, 1.82) is 5.41 Å². The number of nitrogens with one attached hydrogen (secondary N) is 1. The van der Waals surface area contributed by atoms with Gasteiger partial charge in [-0.05, 0) is 32.6 Å². The molecule has 24 heavy (non-hydrogen) atoms. The van der Waals surface area contributed by atoms with Crippen molar-refractivity contribution in [3.8, 4) is 11.3 Å². The van der Waals surface area contributed by atoms with E-state index in [1.165, 1.54) is 12.8 Å². The van der Waals surface area contributed by atoms with E-state index in [-0.39, 0.29) is 11.8 Å². The number of rotatable bonds is 4. The van der Waals surface area contributed by atoms with Crippen LogP contribution in [0.5, 0.6) is 0 Å². The van der Waals surface area contributed by atoms with Gasteiger partial charge in [0.1, 0.15) is 16.6 Å². The van der Waals surface area contributed by atoms with Gasteiger partial charge in [-0.3, -0.25) is 5.41 Å². The molecule has 2 aliphatic rings. The number of aliphatic hydroxyl groups is 1. The molecule has 1 aromatic carbocycles. The fourth-order valence-electron chi connectivity index (χ4n) is 3.22. The second-order valence-corrected chi connectivity index (χ2v) is 7.87. The van der Waals surface area contributed by atoms with E-state index in [0.717, 1.165) is 27.7 Å². The highest BCUT2D eigenvalue weighted by Gasteiger charge is 2.39. The van der Waals surface area contributed by atoms with Crippen LogP contribution in [-0.2, 0) is 0 Å². The summed E-state index contributed by atoms with van der Waals surface area (Å²) in [6.45, 7) is 4.88. The maximum Gasteiger partial charge on any atom is 0.135 e. The summed E-state index contributed by atoms with van der Waals surface area (Å²) in [6.07, 6.45) is 2.47. The number of amidine groups is 1. The van der Waals surface area contributed by atoms with Crippen LogP contribution in [0.15, 0.2) is 36.1 Å². The molecule has 1 aliphatic heterocycles. The molecule has 1 saturated carbocycles. The highest BCUT2D eigenvalue weighted by molar-refractivity contribution is 7.13. The Hall–Kier alpha value is -2.14. The molecule has 4 nitrogen and oxygen atoms in total. The number of hydrogen-bond acceptors (Lipinski definition) is 4. The first-order valence-electron chi connectivity index (χ1n) is 8.38. The van der Waals surface area contributed by atoms with Gasteiger partial charge in [0.15, 0.2) is 0 Å². The van der Waals surface area contributed by atoms with Crippen LogP contribution < -0.4 is 0 Å². The maximum absolute atomic E-state index is 10.6. The third-order valence-corrected chi connectivity index (χ3v) is 5.84. The zero-order valence-corrected chi connectivity index (χ0v) is 14.7. The summed E-state index contributed by atoms with van der Waals surface area (Å²) >= 11 is 1.56. The summed E-state index contributed by atoms with van der Waals surface area (Å²) in [6, 6.07) is 9.95. The molecule has 5 heteroatoms. The van der Waals surface area contributed by atoms with E-state index >= 15 is 0 Å². The maximum atomic E-state index is 10.6. The summed E-state index contributed by atoms with van der Waals surface area (Å²) in [4.78, 5) is 7.88. The average Bonchev–Trinajstić information content (AvgIpc) is 3.29. The molecule has 0 bridgehead atoms. The number of benzene rings is 1. The van der Waals surface area contributed by atoms with Gasteiger partial charge < -0.3 is 10.0 Å². The summed E-state index contributed by atoms with van der Waals surface area (Å²) in [5.41, 5.74) is 2.63. The Kier molecular flexibility index (Phi) is 3.68. The van der Waals surface area contributed by atoms with Crippen molar-refractivity contribution in [2.24, 2.45) is 5.92 Å². The number of nitrogens with zero attached hydrogens (tertiary/aromatic N) is 2. The smallest absolute Gasteiger partial charge is 0.135 e. The van der Waals surface area contributed by atoms with Crippen molar-refractivity contribution in [2.75, 3.05) is 6.54 Å². The Morgan fingerprint density at radius 3 is 2.67 bits per heavy atom. The first-order chi connectivity index (χ1) is 11.6. The minimum absolute atomic E-state index is 0.127. The number of thiazole rings is 1. The van der Waals surface area contributed by atoms with E-state index in [1.807, 2.05) is 49.1 Å². The standard InChI is InChI=1S/C19H21N3OS/c1-11-17(23)15(18(20)22(11)10-13-8-9-13)19-21-16(12(2)24-19)14-6-4-3-5-7-14/h3-7,11,13,20,23H,8-10H2,1-2H3. The summed E-state index contributed by atoms with van der Waals surface area (Å²) < 4.78 is 0. The van der Waals surface area contributed by atoms with Crippen molar-refractivity contribution < 1.29 is 5.11 Å². The van der Waals surface area contributed by atoms with E-state index in [2.05, 4.69) is 0 Å². The topological polar surface area (TPSA) is 60.2 Å². The third-order valence-electron chi connectivity index (χ3n) is 4.85. The van der Waals surface area contributed by atoms with Crippen LogP contribution in [-0.4, -0.2) is 33.4 Å². The zero-order chi connectivity index (χ0) is 16.8. The molecule has 0 radical (unpaired) electrons. The quantitative estimate of drug-likeness (QED) is 0.863. The first kappa shape index (κ1) is 15.4.